The fourth-order valence-electron chi connectivity index (χ4n) is 1.90. The molecule has 3 N–H and O–H groups in total. The van der Waals surface area contributed by atoms with Gasteiger partial charge in [-0.2, -0.15) is 5.10 Å². The first-order chi connectivity index (χ1) is 11.4. The van der Waals surface area contributed by atoms with Crippen molar-refractivity contribution in [2.24, 2.45) is 9.57 Å². The van der Waals surface area contributed by atoms with Crippen molar-refractivity contribution in [3.05, 3.63) is 29.8 Å². The van der Waals surface area contributed by atoms with Crippen LogP contribution in [-0.4, -0.2) is 40.2 Å². The minimum atomic E-state index is -1.04. The third-order valence-corrected chi connectivity index (χ3v) is 4.55. The van der Waals surface area contributed by atoms with E-state index in [0.717, 1.165) is 0 Å². The Morgan fingerprint density at radius 2 is 2.17 bits per heavy atom. The molecule has 1 heterocycles. The van der Waals surface area contributed by atoms with Gasteiger partial charge in [-0.25, -0.2) is 4.79 Å². The summed E-state index contributed by atoms with van der Waals surface area (Å²) in [4.78, 5) is 33.8. The van der Waals surface area contributed by atoms with Crippen molar-refractivity contribution in [1.29, 1.82) is 0 Å². The van der Waals surface area contributed by atoms with Crippen LogP contribution in [0.5, 0.6) is 0 Å². The molecule has 1 saturated heterocycles. The van der Waals surface area contributed by atoms with Crippen molar-refractivity contribution < 1.29 is 19.5 Å². The monoisotopic (exact) mass is 350 g/mol. The third-order valence-electron chi connectivity index (χ3n) is 3.17. The Bertz CT molecular complexity index is 730. The average Bonchev–Trinajstić information content (AvgIpc) is 2.96. The third kappa shape index (κ3) is 5.58. The number of carboxylic acid groups (broad SMARTS) is 1. The molecular formula is C15H18N4O4S. The van der Waals surface area contributed by atoms with E-state index in [1.165, 1.54) is 12.1 Å². The molecule has 2 rings (SSSR count). The van der Waals surface area contributed by atoms with Crippen LogP contribution in [-0.2, 0) is 20.3 Å². The Labute approximate surface area is 141 Å². The summed E-state index contributed by atoms with van der Waals surface area (Å²) in [5.41, 5.74) is 1.26. The van der Waals surface area contributed by atoms with Gasteiger partial charge in [0.25, 0.3) is 0 Å². The standard InChI is InChI=1S/C15H18N4O4S/c1-10(18-19-24-8-14(21)16-9-24)5-6-13(20)17-12-4-2-3-11(7-12)15(22)23/h2-4,7H,5-6,8-9H2,1H3,(H,16,21)(H,17,20)(H,22,23)/b18-10+. The zero-order valence-electron chi connectivity index (χ0n) is 13.1. The van der Waals surface area contributed by atoms with Crippen LogP contribution in [0.3, 0.4) is 0 Å². The second-order valence-electron chi connectivity index (χ2n) is 5.20. The zero-order valence-corrected chi connectivity index (χ0v) is 13.9. The molecule has 1 unspecified atom stereocenters. The van der Waals surface area contributed by atoms with E-state index in [4.69, 9.17) is 5.11 Å². The Balaban J connectivity index is 1.83. The minimum absolute atomic E-state index is 0.0158. The Hall–Kier alpha value is -2.55. The molecule has 0 saturated carbocycles. The van der Waals surface area contributed by atoms with Gasteiger partial charge in [-0.15, -0.1) is 4.47 Å². The van der Waals surface area contributed by atoms with E-state index in [1.54, 1.807) is 19.1 Å². The van der Waals surface area contributed by atoms with E-state index in [1.807, 2.05) is 0 Å². The maximum absolute atomic E-state index is 11.9. The number of aromatic carboxylic acids is 1. The highest BCUT2D eigenvalue weighted by Gasteiger charge is 2.14. The lowest BCUT2D eigenvalue weighted by atomic mass is 10.2. The van der Waals surface area contributed by atoms with Gasteiger partial charge in [0.05, 0.1) is 17.2 Å². The van der Waals surface area contributed by atoms with Crippen LogP contribution in [0, 0.1) is 0 Å². The maximum Gasteiger partial charge on any atom is 0.335 e. The number of anilines is 1. The van der Waals surface area contributed by atoms with Gasteiger partial charge in [-0.05, 0) is 42.2 Å². The quantitative estimate of drug-likeness (QED) is 0.530. The minimum Gasteiger partial charge on any atom is -0.478 e. The first kappa shape index (κ1) is 17.8. The molecule has 9 heteroatoms. The van der Waals surface area contributed by atoms with Crippen LogP contribution in [0.1, 0.15) is 30.1 Å². The number of carbonyl (C=O) groups is 3. The summed E-state index contributed by atoms with van der Waals surface area (Å²) in [5, 5.41) is 18.3. The van der Waals surface area contributed by atoms with E-state index in [9.17, 15) is 14.4 Å². The van der Waals surface area contributed by atoms with Crippen molar-refractivity contribution in [1.82, 2.24) is 5.32 Å². The number of carbonyl (C=O) groups excluding carboxylic acids is 2. The van der Waals surface area contributed by atoms with Gasteiger partial charge in [-0.1, -0.05) is 6.07 Å². The van der Waals surface area contributed by atoms with Crippen molar-refractivity contribution >= 4 is 39.9 Å². The topological polar surface area (TPSA) is 120 Å². The molecular weight excluding hydrogens is 332 g/mol. The van der Waals surface area contributed by atoms with Gasteiger partial charge >= 0.3 is 5.97 Å². The van der Waals surface area contributed by atoms with E-state index in [-0.39, 0.29) is 23.8 Å². The highest BCUT2D eigenvalue weighted by molar-refractivity contribution is 7.88. The SMILES string of the molecule is C/C(CCC(=O)Nc1cccc(C(=O)O)c1)=N\N=S1/CNC(=O)C1. The Kier molecular flexibility index (Phi) is 6.19. The molecule has 8 nitrogen and oxygen atoms in total. The van der Waals surface area contributed by atoms with Crippen molar-refractivity contribution in [3.63, 3.8) is 0 Å². The van der Waals surface area contributed by atoms with E-state index in [0.29, 0.717) is 29.4 Å². The van der Waals surface area contributed by atoms with Gasteiger partial charge < -0.3 is 15.7 Å². The summed E-state index contributed by atoms with van der Waals surface area (Å²) in [6, 6.07) is 6.07. The number of hydrogen-bond donors (Lipinski definition) is 3. The summed E-state index contributed by atoms with van der Waals surface area (Å²) in [7, 11) is -0.410. The predicted molar refractivity (Wildman–Crippen MR) is 92.0 cm³/mol. The normalized spacial score (nSPS) is 17.6. The second kappa shape index (κ2) is 8.34. The number of rotatable bonds is 6. The molecule has 1 atom stereocenters. The molecule has 24 heavy (non-hydrogen) atoms. The second-order valence-corrected chi connectivity index (χ2v) is 6.87. The van der Waals surface area contributed by atoms with E-state index in [2.05, 4.69) is 20.2 Å². The number of hydrogen-bond acceptors (Lipinski definition) is 4. The molecule has 1 aromatic rings. The highest BCUT2D eigenvalue weighted by Crippen LogP contribution is 2.11. The molecule has 1 aliphatic heterocycles. The smallest absolute Gasteiger partial charge is 0.335 e. The zero-order chi connectivity index (χ0) is 17.5. The van der Waals surface area contributed by atoms with Crippen LogP contribution >= 0.6 is 0 Å². The molecule has 1 fully saturated rings. The largest absolute Gasteiger partial charge is 0.478 e. The fraction of sp³-hybridized carbons (Fsp3) is 0.333. The molecule has 1 aliphatic rings. The first-order valence-corrected chi connectivity index (χ1v) is 8.77. The Morgan fingerprint density at radius 3 is 2.83 bits per heavy atom. The lowest BCUT2D eigenvalue weighted by Gasteiger charge is -2.05. The number of nitrogens with one attached hydrogen (secondary N) is 2. The lowest BCUT2D eigenvalue weighted by Crippen LogP contribution is -2.14. The van der Waals surface area contributed by atoms with E-state index >= 15 is 0 Å². The number of nitrogens with zero attached hydrogens (tertiary/aromatic N) is 2. The molecule has 2 amide bonds. The number of amides is 2. The molecule has 1 aromatic carbocycles. The predicted octanol–water partition coefficient (Wildman–Crippen LogP) is 1.37. The van der Waals surface area contributed by atoms with Crippen LogP contribution < -0.4 is 10.6 Å². The van der Waals surface area contributed by atoms with Crippen molar-refractivity contribution in [2.75, 3.05) is 16.9 Å². The summed E-state index contributed by atoms with van der Waals surface area (Å²) in [5.74, 6) is -0.394. The lowest BCUT2D eigenvalue weighted by molar-refractivity contribution is -0.118. The van der Waals surface area contributed by atoms with Gasteiger partial charge in [0, 0.05) is 17.8 Å². The molecule has 128 valence electrons. The average molecular weight is 350 g/mol. The number of benzene rings is 1. The fourth-order valence-corrected chi connectivity index (χ4v) is 3.10. The molecule has 0 radical (unpaired) electrons. The Morgan fingerprint density at radius 1 is 1.38 bits per heavy atom. The van der Waals surface area contributed by atoms with Crippen LogP contribution in [0.4, 0.5) is 5.69 Å². The highest BCUT2D eigenvalue weighted by atomic mass is 32.2. The van der Waals surface area contributed by atoms with Gasteiger partial charge in [0.1, 0.15) is 0 Å². The maximum atomic E-state index is 11.9. The van der Waals surface area contributed by atoms with Crippen LogP contribution in [0.2, 0.25) is 0 Å². The first-order valence-electron chi connectivity index (χ1n) is 7.26. The van der Waals surface area contributed by atoms with Crippen molar-refractivity contribution in [3.8, 4) is 0 Å². The number of carboxylic acids is 1. The summed E-state index contributed by atoms with van der Waals surface area (Å²) in [6.07, 6.45) is 0.652. The molecule has 0 aliphatic carbocycles. The molecule has 0 aromatic heterocycles. The summed E-state index contributed by atoms with van der Waals surface area (Å²) < 4.78 is 4.10. The summed E-state index contributed by atoms with van der Waals surface area (Å²) in [6.45, 7) is 1.77. The summed E-state index contributed by atoms with van der Waals surface area (Å²) >= 11 is 0. The molecule has 0 spiro atoms. The van der Waals surface area contributed by atoms with Crippen molar-refractivity contribution in [2.45, 2.75) is 19.8 Å². The van der Waals surface area contributed by atoms with Crippen LogP contribution in [0.25, 0.3) is 0 Å². The van der Waals surface area contributed by atoms with Gasteiger partial charge in [-0.3, -0.25) is 9.59 Å². The van der Waals surface area contributed by atoms with Gasteiger partial charge in [0.2, 0.25) is 11.8 Å². The molecule has 0 bridgehead atoms. The van der Waals surface area contributed by atoms with Crippen LogP contribution in [0.15, 0.2) is 33.8 Å². The van der Waals surface area contributed by atoms with Gasteiger partial charge in [0.15, 0.2) is 0 Å². The van der Waals surface area contributed by atoms with E-state index < -0.39 is 16.7 Å².